The fourth-order valence-corrected chi connectivity index (χ4v) is 5.66. The molecule has 3 aliphatic rings. The van der Waals surface area contributed by atoms with Gasteiger partial charge < -0.3 is 14.8 Å². The van der Waals surface area contributed by atoms with Gasteiger partial charge in [-0.3, -0.25) is 14.4 Å². The van der Waals surface area contributed by atoms with Crippen molar-refractivity contribution in [2.45, 2.75) is 83.5 Å². The minimum absolute atomic E-state index is 0.0124. The lowest BCUT2D eigenvalue weighted by atomic mass is 9.86. The molecule has 1 aromatic heterocycles. The van der Waals surface area contributed by atoms with Crippen LogP contribution in [0.15, 0.2) is 10.9 Å². The standard InChI is InChI=1S/C25H38N4O3/c1-17(2)24(31)28-13-10-18(11-14-28)23-26-21(15-22(30)27-23)20-9-6-12-29(16-20)25(32)19-7-4-3-5-8-19/h15,17-20H,3-14,16H2,1-2H3,(H,26,27,30)/t20-/m1/s1. The van der Waals surface area contributed by atoms with Gasteiger partial charge >= 0.3 is 0 Å². The van der Waals surface area contributed by atoms with Gasteiger partial charge in [-0.25, -0.2) is 4.98 Å². The molecule has 2 saturated heterocycles. The van der Waals surface area contributed by atoms with E-state index in [4.69, 9.17) is 4.98 Å². The molecule has 1 aromatic rings. The van der Waals surface area contributed by atoms with Gasteiger partial charge in [-0.2, -0.15) is 0 Å². The number of hydrogen-bond donors (Lipinski definition) is 1. The zero-order chi connectivity index (χ0) is 22.7. The Kier molecular flexibility index (Phi) is 7.31. The lowest BCUT2D eigenvalue weighted by Gasteiger charge is -2.36. The highest BCUT2D eigenvalue weighted by atomic mass is 16.2. The van der Waals surface area contributed by atoms with Gasteiger partial charge in [-0.1, -0.05) is 33.1 Å². The topological polar surface area (TPSA) is 86.4 Å². The number of piperidine rings is 2. The van der Waals surface area contributed by atoms with Gasteiger partial charge in [0, 0.05) is 55.9 Å². The minimum atomic E-state index is -0.110. The van der Waals surface area contributed by atoms with E-state index < -0.39 is 0 Å². The number of nitrogens with one attached hydrogen (secondary N) is 1. The number of likely N-dealkylation sites (tertiary alicyclic amines) is 2. The number of amides is 2. The van der Waals surface area contributed by atoms with Crippen LogP contribution in [-0.4, -0.2) is 57.8 Å². The molecule has 0 unspecified atom stereocenters. The predicted octanol–water partition coefficient (Wildman–Crippen LogP) is 3.42. The van der Waals surface area contributed by atoms with E-state index in [1.807, 2.05) is 23.6 Å². The Morgan fingerprint density at radius 1 is 0.938 bits per heavy atom. The van der Waals surface area contributed by atoms with Crippen LogP contribution >= 0.6 is 0 Å². The van der Waals surface area contributed by atoms with Crippen LogP contribution in [0.5, 0.6) is 0 Å². The lowest BCUT2D eigenvalue weighted by Crippen LogP contribution is -2.43. The van der Waals surface area contributed by atoms with Gasteiger partial charge in [0.05, 0.1) is 5.69 Å². The molecular formula is C25H38N4O3. The minimum Gasteiger partial charge on any atom is -0.342 e. The summed E-state index contributed by atoms with van der Waals surface area (Å²) in [5, 5.41) is 0. The summed E-state index contributed by atoms with van der Waals surface area (Å²) in [6.07, 6.45) is 9.17. The first-order chi connectivity index (χ1) is 15.4. The monoisotopic (exact) mass is 442 g/mol. The van der Waals surface area contributed by atoms with Crippen molar-refractivity contribution in [2.24, 2.45) is 11.8 Å². The highest BCUT2D eigenvalue weighted by Crippen LogP contribution is 2.31. The number of rotatable bonds is 4. The lowest BCUT2D eigenvalue weighted by molar-refractivity contribution is -0.138. The summed E-state index contributed by atoms with van der Waals surface area (Å²) in [4.78, 5) is 49.6. The van der Waals surface area contributed by atoms with Crippen molar-refractivity contribution >= 4 is 11.8 Å². The van der Waals surface area contributed by atoms with Crippen molar-refractivity contribution in [3.05, 3.63) is 27.9 Å². The number of H-pyrrole nitrogens is 1. The third-order valence-electron chi connectivity index (χ3n) is 7.57. The van der Waals surface area contributed by atoms with E-state index in [0.717, 1.165) is 69.4 Å². The van der Waals surface area contributed by atoms with E-state index >= 15 is 0 Å². The van der Waals surface area contributed by atoms with Gasteiger partial charge in [0.15, 0.2) is 0 Å². The van der Waals surface area contributed by atoms with Crippen molar-refractivity contribution in [3.8, 4) is 0 Å². The van der Waals surface area contributed by atoms with E-state index in [2.05, 4.69) is 4.98 Å². The van der Waals surface area contributed by atoms with Gasteiger partial charge in [-0.05, 0) is 38.5 Å². The van der Waals surface area contributed by atoms with Crippen molar-refractivity contribution in [1.29, 1.82) is 0 Å². The molecule has 1 aliphatic carbocycles. The van der Waals surface area contributed by atoms with Crippen molar-refractivity contribution in [2.75, 3.05) is 26.2 Å². The summed E-state index contributed by atoms with van der Waals surface area (Å²) in [6, 6.07) is 1.63. The Morgan fingerprint density at radius 2 is 1.66 bits per heavy atom. The maximum absolute atomic E-state index is 13.1. The molecule has 0 spiro atoms. The molecular weight excluding hydrogens is 404 g/mol. The molecule has 7 nitrogen and oxygen atoms in total. The third-order valence-corrected chi connectivity index (χ3v) is 7.57. The van der Waals surface area contributed by atoms with Gasteiger partial charge in [0.25, 0.3) is 5.56 Å². The summed E-state index contributed by atoms with van der Waals surface area (Å²) in [5.41, 5.74) is 0.715. The molecule has 0 aromatic carbocycles. The third kappa shape index (κ3) is 5.24. The highest BCUT2D eigenvalue weighted by molar-refractivity contribution is 5.79. The van der Waals surface area contributed by atoms with Crippen LogP contribution in [0.2, 0.25) is 0 Å². The zero-order valence-electron chi connectivity index (χ0n) is 19.6. The number of aromatic nitrogens is 2. The first-order valence-corrected chi connectivity index (χ1v) is 12.6. The molecule has 0 bridgehead atoms. The molecule has 1 N–H and O–H groups in total. The molecule has 4 rings (SSSR count). The smallest absolute Gasteiger partial charge is 0.251 e. The zero-order valence-corrected chi connectivity index (χ0v) is 19.6. The molecule has 1 saturated carbocycles. The Hall–Kier alpha value is -2.18. The second-order valence-corrected chi connectivity index (χ2v) is 10.3. The van der Waals surface area contributed by atoms with E-state index in [-0.39, 0.29) is 35.1 Å². The first-order valence-electron chi connectivity index (χ1n) is 12.6. The van der Waals surface area contributed by atoms with Gasteiger partial charge in [0.1, 0.15) is 5.82 Å². The molecule has 3 fully saturated rings. The van der Waals surface area contributed by atoms with Crippen LogP contribution in [0.1, 0.15) is 95.0 Å². The summed E-state index contributed by atoms with van der Waals surface area (Å²) >= 11 is 0. The van der Waals surface area contributed by atoms with Gasteiger partial charge in [-0.15, -0.1) is 0 Å². The average molecular weight is 443 g/mol. The molecule has 3 heterocycles. The fourth-order valence-electron chi connectivity index (χ4n) is 5.66. The number of hydrogen-bond acceptors (Lipinski definition) is 4. The summed E-state index contributed by atoms with van der Waals surface area (Å²) in [6.45, 7) is 6.79. The normalized spacial score (nSPS) is 23.5. The van der Waals surface area contributed by atoms with Crippen molar-refractivity contribution in [3.63, 3.8) is 0 Å². The quantitative estimate of drug-likeness (QED) is 0.774. The number of carbonyl (C=O) groups is 2. The maximum atomic E-state index is 13.1. The Balaban J connectivity index is 1.43. The highest BCUT2D eigenvalue weighted by Gasteiger charge is 2.32. The molecule has 7 heteroatoms. The van der Waals surface area contributed by atoms with Crippen LogP contribution in [0, 0.1) is 11.8 Å². The van der Waals surface area contributed by atoms with Crippen molar-refractivity contribution < 1.29 is 9.59 Å². The maximum Gasteiger partial charge on any atom is 0.251 e. The largest absolute Gasteiger partial charge is 0.342 e. The number of aromatic amines is 1. The summed E-state index contributed by atoms with van der Waals surface area (Å²) in [5.74, 6) is 1.75. The van der Waals surface area contributed by atoms with Crippen molar-refractivity contribution in [1.82, 2.24) is 19.8 Å². The van der Waals surface area contributed by atoms with Crippen LogP contribution in [-0.2, 0) is 9.59 Å². The van der Waals surface area contributed by atoms with Gasteiger partial charge in [0.2, 0.25) is 11.8 Å². The molecule has 2 amide bonds. The molecule has 2 aliphatic heterocycles. The molecule has 1 atom stereocenters. The van der Waals surface area contributed by atoms with E-state index in [0.29, 0.717) is 25.5 Å². The predicted molar refractivity (Wildman–Crippen MR) is 123 cm³/mol. The van der Waals surface area contributed by atoms with Crippen LogP contribution in [0.3, 0.4) is 0 Å². The summed E-state index contributed by atoms with van der Waals surface area (Å²) < 4.78 is 0. The average Bonchev–Trinajstić information content (AvgIpc) is 2.83. The first kappa shape index (κ1) is 23.0. The summed E-state index contributed by atoms with van der Waals surface area (Å²) in [7, 11) is 0. The van der Waals surface area contributed by atoms with Crippen LogP contribution in [0.4, 0.5) is 0 Å². The number of carbonyl (C=O) groups excluding carboxylic acids is 2. The number of nitrogens with zero attached hydrogens (tertiary/aromatic N) is 3. The SMILES string of the molecule is CC(C)C(=O)N1CCC(c2nc([C@@H]3CCCN(C(=O)C4CCCCC4)C3)cc(=O)[nH]2)CC1. The Morgan fingerprint density at radius 3 is 2.34 bits per heavy atom. The Bertz CT molecular complexity index is 866. The van der Waals surface area contributed by atoms with Crippen LogP contribution < -0.4 is 5.56 Å². The van der Waals surface area contributed by atoms with E-state index in [1.54, 1.807) is 6.07 Å². The fraction of sp³-hybridized carbons (Fsp3) is 0.760. The van der Waals surface area contributed by atoms with Crippen LogP contribution in [0.25, 0.3) is 0 Å². The molecule has 32 heavy (non-hydrogen) atoms. The van der Waals surface area contributed by atoms with E-state index in [9.17, 15) is 14.4 Å². The molecule has 176 valence electrons. The molecule has 0 radical (unpaired) electrons. The second-order valence-electron chi connectivity index (χ2n) is 10.3. The second kappa shape index (κ2) is 10.2. The van der Waals surface area contributed by atoms with E-state index in [1.165, 1.54) is 6.42 Å². The Labute approximate surface area is 191 Å².